The van der Waals surface area contributed by atoms with E-state index in [-0.39, 0.29) is 5.82 Å². The Morgan fingerprint density at radius 2 is 2.31 bits per heavy atom. The first kappa shape index (κ1) is 12.3. The molecule has 0 fully saturated rings. The van der Waals surface area contributed by atoms with Crippen LogP contribution in [0.1, 0.15) is 24.5 Å². The van der Waals surface area contributed by atoms with Crippen molar-refractivity contribution in [2.24, 2.45) is 0 Å². The number of rotatable bonds is 5. The molecule has 0 heterocycles. The van der Waals surface area contributed by atoms with E-state index in [9.17, 15) is 4.39 Å². The highest BCUT2D eigenvalue weighted by Gasteiger charge is 2.02. The van der Waals surface area contributed by atoms with Gasteiger partial charge in [0.1, 0.15) is 5.82 Å². The van der Waals surface area contributed by atoms with Gasteiger partial charge in [0.05, 0.1) is 5.56 Å². The minimum atomic E-state index is -0.349. The molecule has 0 aliphatic heterocycles. The molecule has 2 heteroatoms. The van der Waals surface area contributed by atoms with Gasteiger partial charge in [0.2, 0.25) is 0 Å². The van der Waals surface area contributed by atoms with Crippen molar-refractivity contribution >= 4 is 0 Å². The summed E-state index contributed by atoms with van der Waals surface area (Å²) < 4.78 is 13.1. The fourth-order valence-corrected chi connectivity index (χ4v) is 1.40. The first-order valence-electron chi connectivity index (χ1n) is 5.34. The van der Waals surface area contributed by atoms with Gasteiger partial charge in [0.25, 0.3) is 0 Å². The quantitative estimate of drug-likeness (QED) is 0.748. The van der Waals surface area contributed by atoms with Crippen LogP contribution in [0.3, 0.4) is 0 Å². The molecule has 0 amide bonds. The zero-order valence-electron chi connectivity index (χ0n) is 9.52. The lowest BCUT2D eigenvalue weighted by Crippen LogP contribution is -2.14. The Hall–Kier alpha value is -1.75. The Morgan fingerprint density at radius 1 is 1.56 bits per heavy atom. The normalized spacial score (nSPS) is 9.56. The van der Waals surface area contributed by atoms with E-state index < -0.39 is 0 Å². The number of benzene rings is 1. The second-order valence-electron chi connectivity index (χ2n) is 3.67. The third-order valence-corrected chi connectivity index (χ3v) is 2.23. The molecule has 0 aromatic heterocycles. The molecule has 0 unspecified atom stereocenters. The zero-order valence-corrected chi connectivity index (χ0v) is 9.52. The van der Waals surface area contributed by atoms with Crippen molar-refractivity contribution < 1.29 is 4.39 Å². The minimum Gasteiger partial charge on any atom is -0.389 e. The number of hydrogen-bond acceptors (Lipinski definition) is 1. The summed E-state index contributed by atoms with van der Waals surface area (Å²) in [6, 6.07) is 4.82. The van der Waals surface area contributed by atoms with Gasteiger partial charge in [0, 0.05) is 18.7 Å². The molecular weight excluding hydrogens is 201 g/mol. The highest BCUT2D eigenvalue weighted by Crippen LogP contribution is 2.11. The lowest BCUT2D eigenvalue weighted by molar-refractivity contribution is 0.623. The Bertz CT molecular complexity index is 415. The van der Waals surface area contributed by atoms with Gasteiger partial charge in [-0.15, -0.1) is 6.42 Å². The number of allylic oxidation sites excluding steroid dienone is 1. The van der Waals surface area contributed by atoms with Gasteiger partial charge in [-0.25, -0.2) is 4.39 Å². The van der Waals surface area contributed by atoms with E-state index in [0.717, 1.165) is 24.2 Å². The first-order valence-corrected chi connectivity index (χ1v) is 5.34. The molecule has 1 aromatic rings. The topological polar surface area (TPSA) is 12.0 Å². The SMILES string of the molecule is C#Cc1cc(CC(=C)NCCC)ccc1F. The molecule has 0 atom stereocenters. The average Bonchev–Trinajstić information content (AvgIpc) is 2.29. The van der Waals surface area contributed by atoms with Gasteiger partial charge in [-0.2, -0.15) is 0 Å². The third kappa shape index (κ3) is 3.43. The molecule has 0 radical (unpaired) electrons. The van der Waals surface area contributed by atoms with Crippen molar-refractivity contribution in [3.63, 3.8) is 0 Å². The fourth-order valence-electron chi connectivity index (χ4n) is 1.40. The molecule has 0 spiro atoms. The second kappa shape index (κ2) is 5.97. The van der Waals surface area contributed by atoms with Crippen molar-refractivity contribution in [1.29, 1.82) is 0 Å². The van der Waals surface area contributed by atoms with Gasteiger partial charge in [0.15, 0.2) is 0 Å². The fraction of sp³-hybridized carbons (Fsp3) is 0.286. The van der Waals surface area contributed by atoms with Gasteiger partial charge < -0.3 is 5.32 Å². The summed E-state index contributed by atoms with van der Waals surface area (Å²) in [5, 5.41) is 3.19. The van der Waals surface area contributed by atoms with E-state index >= 15 is 0 Å². The lowest BCUT2D eigenvalue weighted by atomic mass is 10.1. The molecular formula is C14H16FN. The van der Waals surface area contributed by atoms with E-state index in [2.05, 4.69) is 24.7 Å². The molecule has 1 aromatic carbocycles. The first-order chi connectivity index (χ1) is 7.67. The van der Waals surface area contributed by atoms with Crippen molar-refractivity contribution in [2.45, 2.75) is 19.8 Å². The predicted molar refractivity (Wildman–Crippen MR) is 65.5 cm³/mol. The summed E-state index contributed by atoms with van der Waals surface area (Å²) in [5.74, 6) is 1.98. The molecule has 1 rings (SSSR count). The van der Waals surface area contributed by atoms with Crippen molar-refractivity contribution in [1.82, 2.24) is 5.32 Å². The monoisotopic (exact) mass is 217 g/mol. The standard InChI is InChI=1S/C14H16FN/c1-4-8-16-11(3)9-12-6-7-14(15)13(5-2)10-12/h2,6-7,10,16H,3-4,8-9H2,1H3. The predicted octanol–water partition coefficient (Wildman–Crippen LogP) is 2.86. The van der Waals surface area contributed by atoms with E-state index in [1.165, 1.54) is 6.07 Å². The van der Waals surface area contributed by atoms with Crippen LogP contribution in [0.15, 0.2) is 30.5 Å². The minimum absolute atomic E-state index is 0.306. The number of nitrogens with one attached hydrogen (secondary N) is 1. The van der Waals surface area contributed by atoms with E-state index in [0.29, 0.717) is 12.0 Å². The zero-order chi connectivity index (χ0) is 12.0. The largest absolute Gasteiger partial charge is 0.389 e. The smallest absolute Gasteiger partial charge is 0.138 e. The summed E-state index contributed by atoms with van der Waals surface area (Å²) in [7, 11) is 0. The molecule has 84 valence electrons. The van der Waals surface area contributed by atoms with Gasteiger partial charge in [-0.3, -0.25) is 0 Å². The van der Waals surface area contributed by atoms with Crippen LogP contribution >= 0.6 is 0 Å². The number of halogens is 1. The Morgan fingerprint density at radius 3 is 2.94 bits per heavy atom. The van der Waals surface area contributed by atoms with Crippen LogP contribution in [0.5, 0.6) is 0 Å². The van der Waals surface area contributed by atoms with Crippen LogP contribution in [-0.2, 0) is 6.42 Å². The maximum Gasteiger partial charge on any atom is 0.138 e. The Balaban J connectivity index is 2.68. The Labute approximate surface area is 96.4 Å². The maximum absolute atomic E-state index is 13.1. The van der Waals surface area contributed by atoms with Gasteiger partial charge >= 0.3 is 0 Å². The van der Waals surface area contributed by atoms with Crippen molar-refractivity contribution in [3.05, 3.63) is 47.4 Å². The van der Waals surface area contributed by atoms with Crippen LogP contribution in [0.2, 0.25) is 0 Å². The summed E-state index contributed by atoms with van der Waals surface area (Å²) in [5.41, 5.74) is 2.21. The summed E-state index contributed by atoms with van der Waals surface area (Å²) in [6.07, 6.45) is 6.93. The molecule has 1 N–H and O–H groups in total. The lowest BCUT2D eigenvalue weighted by Gasteiger charge is -2.08. The molecule has 0 bridgehead atoms. The number of terminal acetylenes is 1. The molecule has 0 aliphatic carbocycles. The van der Waals surface area contributed by atoms with E-state index in [1.54, 1.807) is 12.1 Å². The van der Waals surface area contributed by atoms with Gasteiger partial charge in [-0.05, 0) is 24.1 Å². The van der Waals surface area contributed by atoms with Crippen LogP contribution in [0, 0.1) is 18.2 Å². The number of hydrogen-bond donors (Lipinski definition) is 1. The average molecular weight is 217 g/mol. The summed E-state index contributed by atoms with van der Waals surface area (Å²) >= 11 is 0. The van der Waals surface area contributed by atoms with Crippen molar-refractivity contribution in [3.8, 4) is 12.3 Å². The molecule has 0 saturated carbocycles. The summed E-state index contributed by atoms with van der Waals surface area (Å²) in [6.45, 7) is 6.91. The van der Waals surface area contributed by atoms with Gasteiger partial charge in [-0.1, -0.05) is 25.5 Å². The van der Waals surface area contributed by atoms with E-state index in [1.807, 2.05) is 0 Å². The summed E-state index contributed by atoms with van der Waals surface area (Å²) in [4.78, 5) is 0. The van der Waals surface area contributed by atoms with Crippen LogP contribution in [0.25, 0.3) is 0 Å². The Kier molecular flexibility index (Phi) is 4.60. The molecule has 0 saturated heterocycles. The highest BCUT2D eigenvalue weighted by atomic mass is 19.1. The molecule has 0 aliphatic rings. The maximum atomic E-state index is 13.1. The van der Waals surface area contributed by atoms with Crippen molar-refractivity contribution in [2.75, 3.05) is 6.54 Å². The van der Waals surface area contributed by atoms with E-state index in [4.69, 9.17) is 6.42 Å². The molecule has 1 nitrogen and oxygen atoms in total. The molecule has 16 heavy (non-hydrogen) atoms. The third-order valence-electron chi connectivity index (χ3n) is 2.23. The highest BCUT2D eigenvalue weighted by molar-refractivity contribution is 5.37. The second-order valence-corrected chi connectivity index (χ2v) is 3.67. The van der Waals surface area contributed by atoms with Crippen LogP contribution < -0.4 is 5.32 Å². The van der Waals surface area contributed by atoms with Crippen LogP contribution in [0.4, 0.5) is 4.39 Å². The van der Waals surface area contributed by atoms with Crippen LogP contribution in [-0.4, -0.2) is 6.54 Å².